The van der Waals surface area contributed by atoms with Crippen LogP contribution >= 0.6 is 27.5 Å². The van der Waals surface area contributed by atoms with Gasteiger partial charge in [-0.1, -0.05) is 27.5 Å². The average molecular weight is 345 g/mol. The van der Waals surface area contributed by atoms with E-state index in [4.69, 9.17) is 11.6 Å². The standard InChI is InChI=1S/C10H12BrClFNO2S/c1-7(6-11)14(2)17(15,16)10-5-8(13)3-4-9(10)12/h3-5,7H,6H2,1-2H3. The number of benzene rings is 1. The summed E-state index contributed by atoms with van der Waals surface area (Å²) in [6.07, 6.45) is 0. The van der Waals surface area contributed by atoms with Gasteiger partial charge in [-0.15, -0.1) is 0 Å². The van der Waals surface area contributed by atoms with Crippen LogP contribution in [0.25, 0.3) is 0 Å². The molecular weight excluding hydrogens is 333 g/mol. The minimum atomic E-state index is -3.77. The van der Waals surface area contributed by atoms with Gasteiger partial charge in [0, 0.05) is 18.4 Å². The van der Waals surface area contributed by atoms with Gasteiger partial charge in [0.05, 0.1) is 5.02 Å². The molecule has 0 saturated carbocycles. The summed E-state index contributed by atoms with van der Waals surface area (Å²) in [5, 5.41) is 0.496. The van der Waals surface area contributed by atoms with Crippen LogP contribution in [0.5, 0.6) is 0 Å². The highest BCUT2D eigenvalue weighted by atomic mass is 79.9. The van der Waals surface area contributed by atoms with Crippen LogP contribution in [0.3, 0.4) is 0 Å². The summed E-state index contributed by atoms with van der Waals surface area (Å²) < 4.78 is 38.5. The molecule has 0 radical (unpaired) electrons. The fraction of sp³-hybridized carbons (Fsp3) is 0.400. The zero-order valence-corrected chi connectivity index (χ0v) is 12.5. The summed E-state index contributed by atoms with van der Waals surface area (Å²) in [6, 6.07) is 3.03. The van der Waals surface area contributed by atoms with Crippen LogP contribution in [0, 0.1) is 5.82 Å². The zero-order chi connectivity index (χ0) is 13.2. The van der Waals surface area contributed by atoms with Crippen molar-refractivity contribution < 1.29 is 12.8 Å². The Bertz CT molecular complexity index is 509. The number of halogens is 3. The monoisotopic (exact) mass is 343 g/mol. The fourth-order valence-electron chi connectivity index (χ4n) is 1.16. The number of hydrogen-bond acceptors (Lipinski definition) is 2. The Balaban J connectivity index is 3.26. The topological polar surface area (TPSA) is 37.4 Å². The van der Waals surface area contributed by atoms with Gasteiger partial charge in [0.15, 0.2) is 0 Å². The molecule has 0 N–H and O–H groups in total. The van der Waals surface area contributed by atoms with Crippen molar-refractivity contribution in [3.8, 4) is 0 Å². The number of rotatable bonds is 4. The maximum absolute atomic E-state index is 13.1. The molecule has 7 heteroatoms. The molecule has 0 bridgehead atoms. The van der Waals surface area contributed by atoms with E-state index in [1.54, 1.807) is 6.92 Å². The molecule has 0 aliphatic heterocycles. The molecule has 0 fully saturated rings. The largest absolute Gasteiger partial charge is 0.244 e. The molecule has 17 heavy (non-hydrogen) atoms. The molecule has 1 rings (SSSR count). The summed E-state index contributed by atoms with van der Waals surface area (Å²) in [4.78, 5) is -0.213. The molecule has 96 valence electrons. The van der Waals surface area contributed by atoms with Gasteiger partial charge >= 0.3 is 0 Å². The maximum Gasteiger partial charge on any atom is 0.244 e. The molecule has 0 aromatic heterocycles. The quantitative estimate of drug-likeness (QED) is 0.788. The molecule has 1 aromatic rings. The van der Waals surface area contributed by atoms with Gasteiger partial charge in [-0.3, -0.25) is 0 Å². The second kappa shape index (κ2) is 5.65. The van der Waals surface area contributed by atoms with Gasteiger partial charge in [0.25, 0.3) is 0 Å². The second-order valence-corrected chi connectivity index (χ2v) is 6.62. The molecular formula is C10H12BrClFNO2S. The number of hydrogen-bond donors (Lipinski definition) is 0. The van der Waals surface area contributed by atoms with Crippen LogP contribution in [0.2, 0.25) is 5.02 Å². The molecule has 3 nitrogen and oxygen atoms in total. The predicted octanol–water partition coefficient (Wildman–Crippen LogP) is 2.88. The summed E-state index contributed by atoms with van der Waals surface area (Å²) in [5.41, 5.74) is 0. The van der Waals surface area contributed by atoms with Gasteiger partial charge in [-0.05, 0) is 25.1 Å². The smallest absolute Gasteiger partial charge is 0.207 e. The lowest BCUT2D eigenvalue weighted by atomic mass is 10.3. The number of nitrogens with zero attached hydrogens (tertiary/aromatic N) is 1. The first-order valence-corrected chi connectivity index (χ1v) is 7.73. The fourth-order valence-corrected chi connectivity index (χ4v) is 3.63. The Kier molecular flexibility index (Phi) is 4.95. The van der Waals surface area contributed by atoms with E-state index in [9.17, 15) is 12.8 Å². The minimum Gasteiger partial charge on any atom is -0.207 e. The van der Waals surface area contributed by atoms with Crippen molar-refractivity contribution in [3.05, 3.63) is 29.0 Å². The molecule has 0 spiro atoms. The molecule has 1 unspecified atom stereocenters. The van der Waals surface area contributed by atoms with Crippen molar-refractivity contribution in [1.29, 1.82) is 0 Å². The third-order valence-corrected chi connectivity index (χ3v) is 5.78. The molecule has 1 atom stereocenters. The Labute approximate surface area is 114 Å². The van der Waals surface area contributed by atoms with E-state index in [0.717, 1.165) is 16.4 Å². The van der Waals surface area contributed by atoms with Crippen LogP contribution in [-0.2, 0) is 10.0 Å². The van der Waals surface area contributed by atoms with Gasteiger partial charge in [0.1, 0.15) is 10.7 Å². The Hall–Kier alpha value is -0.170. The molecule has 0 heterocycles. The van der Waals surface area contributed by atoms with Crippen LogP contribution in [-0.4, -0.2) is 31.1 Å². The van der Waals surface area contributed by atoms with Crippen molar-refractivity contribution in [2.75, 3.05) is 12.4 Å². The van der Waals surface area contributed by atoms with Gasteiger partial charge in [0.2, 0.25) is 10.0 Å². The van der Waals surface area contributed by atoms with Crippen molar-refractivity contribution in [2.24, 2.45) is 0 Å². The predicted molar refractivity (Wildman–Crippen MR) is 69.6 cm³/mol. The molecule has 0 aliphatic rings. The molecule has 0 saturated heterocycles. The average Bonchev–Trinajstić information content (AvgIpc) is 2.30. The summed E-state index contributed by atoms with van der Waals surface area (Å²) in [6.45, 7) is 1.74. The number of alkyl halides is 1. The van der Waals surface area contributed by atoms with E-state index in [2.05, 4.69) is 15.9 Å². The van der Waals surface area contributed by atoms with E-state index in [1.165, 1.54) is 13.1 Å². The first-order chi connectivity index (χ1) is 7.80. The molecule has 0 aliphatic carbocycles. The van der Waals surface area contributed by atoms with Crippen LogP contribution in [0.4, 0.5) is 4.39 Å². The molecule has 0 amide bonds. The highest BCUT2D eigenvalue weighted by Crippen LogP contribution is 2.26. The van der Waals surface area contributed by atoms with E-state index < -0.39 is 15.8 Å². The van der Waals surface area contributed by atoms with Crippen molar-refractivity contribution >= 4 is 37.6 Å². The lowest BCUT2D eigenvalue weighted by molar-refractivity contribution is 0.416. The van der Waals surface area contributed by atoms with E-state index in [0.29, 0.717) is 5.33 Å². The summed E-state index contributed by atoms with van der Waals surface area (Å²) >= 11 is 8.99. The van der Waals surface area contributed by atoms with Crippen LogP contribution in [0.15, 0.2) is 23.1 Å². The summed E-state index contributed by atoms with van der Waals surface area (Å²) in [7, 11) is -2.34. The first-order valence-electron chi connectivity index (χ1n) is 4.79. The van der Waals surface area contributed by atoms with Crippen molar-refractivity contribution in [3.63, 3.8) is 0 Å². The van der Waals surface area contributed by atoms with Gasteiger partial charge in [-0.25, -0.2) is 12.8 Å². The number of sulfonamides is 1. The first kappa shape index (κ1) is 14.9. The second-order valence-electron chi connectivity index (χ2n) is 3.60. The third-order valence-electron chi connectivity index (χ3n) is 2.39. The Morgan fingerprint density at radius 3 is 2.65 bits per heavy atom. The Morgan fingerprint density at radius 1 is 1.53 bits per heavy atom. The van der Waals surface area contributed by atoms with Crippen LogP contribution in [0.1, 0.15) is 6.92 Å². The van der Waals surface area contributed by atoms with Gasteiger partial charge in [-0.2, -0.15) is 4.31 Å². The van der Waals surface area contributed by atoms with Crippen molar-refractivity contribution in [2.45, 2.75) is 17.9 Å². The normalized spacial score (nSPS) is 14.0. The van der Waals surface area contributed by atoms with E-state index in [-0.39, 0.29) is 16.0 Å². The Morgan fingerprint density at radius 2 is 2.12 bits per heavy atom. The molecule has 1 aromatic carbocycles. The maximum atomic E-state index is 13.1. The van der Waals surface area contributed by atoms with Gasteiger partial charge < -0.3 is 0 Å². The highest BCUT2D eigenvalue weighted by Gasteiger charge is 2.27. The third kappa shape index (κ3) is 3.19. The lowest BCUT2D eigenvalue weighted by Crippen LogP contribution is -2.36. The van der Waals surface area contributed by atoms with Crippen molar-refractivity contribution in [1.82, 2.24) is 4.31 Å². The minimum absolute atomic E-state index is 0.0139. The highest BCUT2D eigenvalue weighted by molar-refractivity contribution is 9.09. The lowest BCUT2D eigenvalue weighted by Gasteiger charge is -2.23. The van der Waals surface area contributed by atoms with E-state index >= 15 is 0 Å². The SMILES string of the molecule is CC(CBr)N(C)S(=O)(=O)c1cc(F)ccc1Cl. The zero-order valence-electron chi connectivity index (χ0n) is 9.32. The van der Waals surface area contributed by atoms with Crippen LogP contribution < -0.4 is 0 Å². The summed E-state index contributed by atoms with van der Waals surface area (Å²) in [5.74, 6) is -0.632. The van der Waals surface area contributed by atoms with E-state index in [1.807, 2.05) is 0 Å².